The molecule has 0 saturated heterocycles. The van der Waals surface area contributed by atoms with E-state index < -0.39 is 0 Å². The summed E-state index contributed by atoms with van der Waals surface area (Å²) < 4.78 is 11.4. The van der Waals surface area contributed by atoms with Gasteiger partial charge in [0, 0.05) is 0 Å². The number of ether oxygens (including phenoxy) is 1. The van der Waals surface area contributed by atoms with Crippen molar-refractivity contribution in [2.75, 3.05) is 0 Å². The van der Waals surface area contributed by atoms with Crippen molar-refractivity contribution in [1.82, 2.24) is 0 Å². The fourth-order valence-electron chi connectivity index (χ4n) is 1.92. The minimum Gasteiger partial charge on any atom is -0.489 e. The predicted octanol–water partition coefficient (Wildman–Crippen LogP) is 4.13. The number of benzene rings is 2. The zero-order valence-corrected chi connectivity index (χ0v) is 12.1. The van der Waals surface area contributed by atoms with Gasteiger partial charge in [0.25, 0.3) is 0 Å². The SMILES string of the molecule is O=c1c(Br)coc2ccc(OCc3ccccc3)cc12. The van der Waals surface area contributed by atoms with Crippen LogP contribution in [0.2, 0.25) is 0 Å². The van der Waals surface area contributed by atoms with Gasteiger partial charge >= 0.3 is 0 Å². The number of rotatable bonds is 3. The fraction of sp³-hybridized carbons (Fsp3) is 0.0625. The molecular formula is C16H11BrO3. The number of hydrogen-bond donors (Lipinski definition) is 0. The van der Waals surface area contributed by atoms with Crippen molar-refractivity contribution in [3.05, 3.63) is 75.1 Å². The lowest BCUT2D eigenvalue weighted by molar-refractivity contribution is 0.306. The van der Waals surface area contributed by atoms with Crippen molar-refractivity contribution in [2.45, 2.75) is 6.61 Å². The molecule has 4 heteroatoms. The molecule has 0 radical (unpaired) electrons. The van der Waals surface area contributed by atoms with Gasteiger partial charge in [0.2, 0.25) is 5.43 Å². The summed E-state index contributed by atoms with van der Waals surface area (Å²) in [7, 11) is 0. The predicted molar refractivity (Wildman–Crippen MR) is 81.0 cm³/mol. The lowest BCUT2D eigenvalue weighted by Crippen LogP contribution is -2.02. The van der Waals surface area contributed by atoms with Gasteiger partial charge in [-0.15, -0.1) is 0 Å². The monoisotopic (exact) mass is 330 g/mol. The van der Waals surface area contributed by atoms with Crippen LogP contribution in [-0.2, 0) is 6.61 Å². The number of halogens is 1. The Labute approximate surface area is 123 Å². The van der Waals surface area contributed by atoms with Crippen molar-refractivity contribution in [2.24, 2.45) is 0 Å². The van der Waals surface area contributed by atoms with E-state index in [-0.39, 0.29) is 5.43 Å². The first kappa shape index (κ1) is 12.9. The van der Waals surface area contributed by atoms with Crippen molar-refractivity contribution >= 4 is 26.9 Å². The molecule has 1 aromatic heterocycles. The van der Waals surface area contributed by atoms with Crippen LogP contribution in [0.25, 0.3) is 11.0 Å². The molecule has 0 aliphatic heterocycles. The molecule has 1 heterocycles. The van der Waals surface area contributed by atoms with Crippen LogP contribution in [0.5, 0.6) is 5.75 Å². The van der Waals surface area contributed by atoms with E-state index in [1.54, 1.807) is 18.2 Å². The summed E-state index contributed by atoms with van der Waals surface area (Å²) >= 11 is 3.17. The highest BCUT2D eigenvalue weighted by Crippen LogP contribution is 2.21. The Morgan fingerprint density at radius 2 is 1.90 bits per heavy atom. The second kappa shape index (κ2) is 5.51. The van der Waals surface area contributed by atoms with E-state index in [1.165, 1.54) is 6.26 Å². The fourth-order valence-corrected chi connectivity index (χ4v) is 2.22. The van der Waals surface area contributed by atoms with Crippen LogP contribution in [0.3, 0.4) is 0 Å². The van der Waals surface area contributed by atoms with Gasteiger partial charge in [0.05, 0.1) is 5.39 Å². The van der Waals surface area contributed by atoms with Gasteiger partial charge in [-0.3, -0.25) is 4.79 Å². The van der Waals surface area contributed by atoms with Crippen LogP contribution < -0.4 is 10.2 Å². The van der Waals surface area contributed by atoms with Crippen molar-refractivity contribution in [1.29, 1.82) is 0 Å². The normalized spacial score (nSPS) is 10.7. The summed E-state index contributed by atoms with van der Waals surface area (Å²) in [4.78, 5) is 12.0. The maximum absolute atomic E-state index is 12.0. The summed E-state index contributed by atoms with van der Waals surface area (Å²) in [6, 6.07) is 15.1. The van der Waals surface area contributed by atoms with Gasteiger partial charge in [0.1, 0.15) is 28.7 Å². The minimum atomic E-state index is -0.101. The third-order valence-electron chi connectivity index (χ3n) is 2.95. The zero-order chi connectivity index (χ0) is 13.9. The maximum atomic E-state index is 12.0. The molecule has 2 aromatic carbocycles. The second-order valence-corrected chi connectivity index (χ2v) is 5.20. The van der Waals surface area contributed by atoms with E-state index in [2.05, 4.69) is 15.9 Å². The van der Waals surface area contributed by atoms with Crippen LogP contribution in [0, 0.1) is 0 Å². The molecule has 0 aliphatic rings. The van der Waals surface area contributed by atoms with E-state index in [0.29, 0.717) is 27.8 Å². The van der Waals surface area contributed by atoms with Crippen LogP contribution >= 0.6 is 15.9 Å². The van der Waals surface area contributed by atoms with Crippen LogP contribution in [-0.4, -0.2) is 0 Å². The van der Waals surface area contributed by atoms with E-state index in [9.17, 15) is 4.79 Å². The Bertz CT molecular complexity index is 794. The summed E-state index contributed by atoms with van der Waals surface area (Å²) in [6.45, 7) is 0.464. The first-order valence-corrected chi connectivity index (χ1v) is 6.91. The Morgan fingerprint density at radius 3 is 2.70 bits per heavy atom. The average molecular weight is 331 g/mol. The van der Waals surface area contributed by atoms with Crippen molar-refractivity contribution in [3.63, 3.8) is 0 Å². The topological polar surface area (TPSA) is 39.4 Å². The largest absolute Gasteiger partial charge is 0.489 e. The summed E-state index contributed by atoms with van der Waals surface area (Å²) in [5.74, 6) is 0.645. The summed E-state index contributed by atoms with van der Waals surface area (Å²) in [5.41, 5.74) is 1.52. The zero-order valence-electron chi connectivity index (χ0n) is 10.5. The molecule has 0 aliphatic carbocycles. The van der Waals surface area contributed by atoms with E-state index in [4.69, 9.17) is 9.15 Å². The Hall–Kier alpha value is -2.07. The Kier molecular flexibility index (Phi) is 3.56. The quantitative estimate of drug-likeness (QED) is 0.724. The van der Waals surface area contributed by atoms with Gasteiger partial charge in [0.15, 0.2) is 0 Å². The van der Waals surface area contributed by atoms with Crippen molar-refractivity contribution in [3.8, 4) is 5.75 Å². The Morgan fingerprint density at radius 1 is 1.10 bits per heavy atom. The van der Waals surface area contributed by atoms with E-state index in [1.807, 2.05) is 30.3 Å². The lowest BCUT2D eigenvalue weighted by atomic mass is 10.2. The molecule has 3 aromatic rings. The molecule has 0 atom stereocenters. The summed E-state index contributed by atoms with van der Waals surface area (Å²) in [5, 5.41) is 0.505. The van der Waals surface area contributed by atoms with Gasteiger partial charge in [-0.2, -0.15) is 0 Å². The molecule has 0 amide bonds. The standard InChI is InChI=1S/C16H11BrO3/c17-14-10-20-15-7-6-12(8-13(15)16(14)18)19-9-11-4-2-1-3-5-11/h1-8,10H,9H2. The molecule has 0 fully saturated rings. The van der Waals surface area contributed by atoms with Gasteiger partial charge < -0.3 is 9.15 Å². The van der Waals surface area contributed by atoms with Crippen LogP contribution in [0.4, 0.5) is 0 Å². The third-order valence-corrected chi connectivity index (χ3v) is 3.50. The second-order valence-electron chi connectivity index (χ2n) is 4.35. The minimum absolute atomic E-state index is 0.101. The maximum Gasteiger partial charge on any atom is 0.206 e. The highest BCUT2D eigenvalue weighted by Gasteiger charge is 2.06. The van der Waals surface area contributed by atoms with Crippen LogP contribution in [0.1, 0.15) is 5.56 Å². The number of fused-ring (bicyclic) bond motifs is 1. The lowest BCUT2D eigenvalue weighted by Gasteiger charge is -2.07. The molecule has 0 N–H and O–H groups in total. The van der Waals surface area contributed by atoms with E-state index in [0.717, 1.165) is 5.56 Å². The smallest absolute Gasteiger partial charge is 0.206 e. The third kappa shape index (κ3) is 2.60. The highest BCUT2D eigenvalue weighted by molar-refractivity contribution is 9.10. The van der Waals surface area contributed by atoms with Gasteiger partial charge in [-0.25, -0.2) is 0 Å². The molecule has 0 spiro atoms. The molecule has 0 saturated carbocycles. The Balaban J connectivity index is 1.89. The average Bonchev–Trinajstić information content (AvgIpc) is 2.50. The molecule has 100 valence electrons. The van der Waals surface area contributed by atoms with Gasteiger partial charge in [-0.1, -0.05) is 30.3 Å². The molecule has 0 unspecified atom stereocenters. The molecular weight excluding hydrogens is 320 g/mol. The molecule has 3 nitrogen and oxygen atoms in total. The van der Waals surface area contributed by atoms with Crippen molar-refractivity contribution < 1.29 is 9.15 Å². The molecule has 0 bridgehead atoms. The molecule has 3 rings (SSSR count). The van der Waals surface area contributed by atoms with Crippen LogP contribution in [0.15, 0.2) is 68.5 Å². The van der Waals surface area contributed by atoms with E-state index >= 15 is 0 Å². The first-order chi connectivity index (χ1) is 9.74. The van der Waals surface area contributed by atoms with Gasteiger partial charge in [-0.05, 0) is 39.7 Å². The highest BCUT2D eigenvalue weighted by atomic mass is 79.9. The number of hydrogen-bond acceptors (Lipinski definition) is 3. The summed E-state index contributed by atoms with van der Waals surface area (Å²) in [6.07, 6.45) is 1.40. The first-order valence-electron chi connectivity index (χ1n) is 6.12. The molecule has 20 heavy (non-hydrogen) atoms.